The van der Waals surface area contributed by atoms with E-state index in [0.29, 0.717) is 10.0 Å². The number of halogens is 2. The molecular formula is C10H6Cl2S2. The zero-order chi connectivity index (χ0) is 10.1. The zero-order valence-electron chi connectivity index (χ0n) is 7.00. The molecular weight excluding hydrogens is 255 g/mol. The second-order valence-electron chi connectivity index (χ2n) is 2.80. The van der Waals surface area contributed by atoms with Gasteiger partial charge in [-0.25, -0.2) is 0 Å². The first-order valence-electron chi connectivity index (χ1n) is 3.90. The number of benzene rings is 1. The minimum atomic E-state index is 0.582. The lowest BCUT2D eigenvalue weighted by molar-refractivity contribution is 1.60. The summed E-state index contributed by atoms with van der Waals surface area (Å²) in [5, 5.41) is 3.15. The van der Waals surface area contributed by atoms with Crippen LogP contribution in [0.2, 0.25) is 10.0 Å². The van der Waals surface area contributed by atoms with Gasteiger partial charge in [-0.15, -0.1) is 24.0 Å². The van der Waals surface area contributed by atoms with Crippen molar-refractivity contribution in [2.45, 2.75) is 4.90 Å². The maximum Gasteiger partial charge on any atom is 0.0598 e. The summed E-state index contributed by atoms with van der Waals surface area (Å²) in [6, 6.07) is 7.63. The van der Waals surface area contributed by atoms with Crippen LogP contribution in [0, 0.1) is 0 Å². The lowest BCUT2D eigenvalue weighted by atomic mass is 10.2. The minimum Gasteiger partial charge on any atom is -0.143 e. The summed E-state index contributed by atoms with van der Waals surface area (Å²) >= 11 is 17.6. The Morgan fingerprint density at radius 3 is 2.43 bits per heavy atom. The van der Waals surface area contributed by atoms with Gasteiger partial charge in [0.2, 0.25) is 0 Å². The van der Waals surface area contributed by atoms with E-state index in [1.165, 1.54) is 0 Å². The molecule has 0 aliphatic carbocycles. The Kier molecular flexibility index (Phi) is 3.07. The van der Waals surface area contributed by atoms with Crippen molar-refractivity contribution in [3.05, 3.63) is 39.7 Å². The van der Waals surface area contributed by atoms with Crippen molar-refractivity contribution in [3.63, 3.8) is 0 Å². The van der Waals surface area contributed by atoms with Gasteiger partial charge in [0.25, 0.3) is 0 Å². The van der Waals surface area contributed by atoms with Crippen LogP contribution in [0.3, 0.4) is 0 Å². The third kappa shape index (κ3) is 2.09. The normalized spacial score (nSPS) is 10.5. The van der Waals surface area contributed by atoms with Crippen LogP contribution in [0.25, 0.3) is 10.4 Å². The predicted octanol–water partition coefficient (Wildman–Crippen LogP) is 5.01. The van der Waals surface area contributed by atoms with Gasteiger partial charge in [-0.1, -0.05) is 29.3 Å². The molecule has 0 amide bonds. The van der Waals surface area contributed by atoms with E-state index in [1.807, 2.05) is 23.6 Å². The second-order valence-corrected chi connectivity index (χ2v) is 5.04. The van der Waals surface area contributed by atoms with Gasteiger partial charge < -0.3 is 0 Å². The first-order valence-corrected chi connectivity index (χ1v) is 5.98. The van der Waals surface area contributed by atoms with Crippen LogP contribution in [0.1, 0.15) is 0 Å². The van der Waals surface area contributed by atoms with Crippen molar-refractivity contribution < 1.29 is 0 Å². The molecule has 0 fully saturated rings. The van der Waals surface area contributed by atoms with E-state index in [-0.39, 0.29) is 0 Å². The molecule has 0 saturated carbocycles. The quantitative estimate of drug-likeness (QED) is 0.685. The molecule has 0 unspecified atom stereocenters. The Hall–Kier alpha value is -0.150. The van der Waals surface area contributed by atoms with Crippen molar-refractivity contribution in [3.8, 4) is 10.4 Å². The zero-order valence-corrected chi connectivity index (χ0v) is 10.2. The maximum absolute atomic E-state index is 5.92. The lowest BCUT2D eigenvalue weighted by Crippen LogP contribution is -1.73. The molecule has 0 aliphatic heterocycles. The molecule has 72 valence electrons. The second kappa shape index (κ2) is 4.15. The van der Waals surface area contributed by atoms with Gasteiger partial charge in [-0.3, -0.25) is 0 Å². The van der Waals surface area contributed by atoms with E-state index in [0.717, 1.165) is 15.3 Å². The summed E-state index contributed by atoms with van der Waals surface area (Å²) in [4.78, 5) is 2.12. The van der Waals surface area contributed by atoms with Crippen molar-refractivity contribution >= 4 is 47.2 Å². The third-order valence-corrected chi connectivity index (χ3v) is 3.94. The van der Waals surface area contributed by atoms with Crippen LogP contribution in [0.5, 0.6) is 0 Å². The van der Waals surface area contributed by atoms with Crippen molar-refractivity contribution in [1.82, 2.24) is 0 Å². The van der Waals surface area contributed by atoms with E-state index in [2.05, 4.69) is 12.6 Å². The average Bonchev–Trinajstić information content (AvgIpc) is 2.57. The molecule has 0 bridgehead atoms. The SMILES string of the molecule is Sc1csc(-c2ccc(Cl)c(Cl)c2)c1. The lowest BCUT2D eigenvalue weighted by Gasteiger charge is -1.99. The fraction of sp³-hybridized carbons (Fsp3) is 0. The highest BCUT2D eigenvalue weighted by atomic mass is 35.5. The van der Waals surface area contributed by atoms with Gasteiger partial charge in [0.05, 0.1) is 10.0 Å². The maximum atomic E-state index is 5.92. The fourth-order valence-electron chi connectivity index (χ4n) is 1.13. The number of thiol groups is 1. The summed E-state index contributed by atoms with van der Waals surface area (Å²) < 4.78 is 0. The molecule has 0 spiro atoms. The van der Waals surface area contributed by atoms with Gasteiger partial charge in [0, 0.05) is 15.2 Å². The first kappa shape index (κ1) is 10.4. The first-order chi connectivity index (χ1) is 6.66. The molecule has 1 aromatic heterocycles. The highest BCUT2D eigenvalue weighted by Crippen LogP contribution is 2.32. The molecule has 14 heavy (non-hydrogen) atoms. The third-order valence-electron chi connectivity index (χ3n) is 1.79. The van der Waals surface area contributed by atoms with Gasteiger partial charge in [0.1, 0.15) is 0 Å². The molecule has 2 rings (SSSR count). The number of thiophene rings is 1. The van der Waals surface area contributed by atoms with Gasteiger partial charge >= 0.3 is 0 Å². The highest BCUT2D eigenvalue weighted by molar-refractivity contribution is 7.80. The van der Waals surface area contributed by atoms with Crippen LogP contribution < -0.4 is 0 Å². The van der Waals surface area contributed by atoms with Gasteiger partial charge in [-0.2, -0.15) is 0 Å². The molecule has 0 N–H and O–H groups in total. The van der Waals surface area contributed by atoms with Crippen molar-refractivity contribution in [2.75, 3.05) is 0 Å². The van der Waals surface area contributed by atoms with Crippen molar-refractivity contribution in [2.24, 2.45) is 0 Å². The van der Waals surface area contributed by atoms with Crippen molar-refractivity contribution in [1.29, 1.82) is 0 Å². The van der Waals surface area contributed by atoms with Crippen LogP contribution >= 0.6 is 47.2 Å². The molecule has 1 heterocycles. The van der Waals surface area contributed by atoms with E-state index in [4.69, 9.17) is 23.2 Å². The van der Waals surface area contributed by atoms with Gasteiger partial charge in [0.15, 0.2) is 0 Å². The Labute approximate surface area is 102 Å². The van der Waals surface area contributed by atoms with Crippen LogP contribution in [-0.2, 0) is 0 Å². The number of hydrogen-bond acceptors (Lipinski definition) is 2. The number of rotatable bonds is 1. The van der Waals surface area contributed by atoms with Crippen LogP contribution in [0.4, 0.5) is 0 Å². The molecule has 0 radical (unpaired) electrons. The molecule has 0 aliphatic rings. The summed E-state index contributed by atoms with van der Waals surface area (Å²) in [7, 11) is 0. The Morgan fingerprint density at radius 1 is 1.07 bits per heavy atom. The molecule has 0 saturated heterocycles. The van der Waals surface area contributed by atoms with E-state index in [1.54, 1.807) is 17.4 Å². The summed E-state index contributed by atoms with van der Waals surface area (Å²) in [5.74, 6) is 0. The summed E-state index contributed by atoms with van der Waals surface area (Å²) in [5.41, 5.74) is 1.07. The van der Waals surface area contributed by atoms with E-state index in [9.17, 15) is 0 Å². The van der Waals surface area contributed by atoms with E-state index >= 15 is 0 Å². The average molecular weight is 261 g/mol. The Bertz CT molecular complexity index is 463. The predicted molar refractivity (Wildman–Crippen MR) is 67.0 cm³/mol. The Balaban J connectivity index is 2.47. The molecule has 1 aromatic carbocycles. The summed E-state index contributed by atoms with van der Waals surface area (Å²) in [6.07, 6.45) is 0. The standard InChI is InChI=1S/C10H6Cl2S2/c11-8-2-1-6(3-9(8)12)10-4-7(13)5-14-10/h1-5,13H. The Morgan fingerprint density at radius 2 is 1.86 bits per heavy atom. The van der Waals surface area contributed by atoms with Crippen LogP contribution in [0.15, 0.2) is 34.5 Å². The molecule has 4 heteroatoms. The topological polar surface area (TPSA) is 0 Å². The largest absolute Gasteiger partial charge is 0.143 e. The molecule has 0 atom stereocenters. The number of hydrogen-bond donors (Lipinski definition) is 1. The molecule has 2 aromatic rings. The highest BCUT2D eigenvalue weighted by Gasteiger charge is 2.03. The minimum absolute atomic E-state index is 0.582. The molecule has 0 nitrogen and oxygen atoms in total. The van der Waals surface area contributed by atoms with Gasteiger partial charge in [-0.05, 0) is 23.8 Å². The summed E-state index contributed by atoms with van der Waals surface area (Å²) in [6.45, 7) is 0. The monoisotopic (exact) mass is 260 g/mol. The fourth-order valence-corrected chi connectivity index (χ4v) is 2.57. The smallest absolute Gasteiger partial charge is 0.0598 e. The van der Waals surface area contributed by atoms with Crippen LogP contribution in [-0.4, -0.2) is 0 Å². The van der Waals surface area contributed by atoms with E-state index < -0.39 is 0 Å².